The first-order valence-electron chi connectivity index (χ1n) is 4.37. The van der Waals surface area contributed by atoms with E-state index in [0.717, 1.165) is 0 Å². The lowest BCUT2D eigenvalue weighted by atomic mass is 9.97. The molecule has 0 heterocycles. The molecule has 1 rings (SSSR count). The van der Waals surface area contributed by atoms with Gasteiger partial charge in [-0.15, -0.1) is 0 Å². The van der Waals surface area contributed by atoms with Crippen molar-refractivity contribution in [3.05, 3.63) is 28.5 Å². The van der Waals surface area contributed by atoms with Crippen LogP contribution >= 0.6 is 11.6 Å². The number of hydrogen-bond acceptors (Lipinski definition) is 2. The van der Waals surface area contributed by atoms with E-state index in [-0.39, 0.29) is 17.0 Å². The van der Waals surface area contributed by atoms with Crippen molar-refractivity contribution in [1.82, 2.24) is 0 Å². The minimum atomic E-state index is -0.733. The van der Waals surface area contributed by atoms with Gasteiger partial charge < -0.3 is 10.8 Å². The van der Waals surface area contributed by atoms with Crippen LogP contribution in [0.4, 0.5) is 4.39 Å². The van der Waals surface area contributed by atoms with Gasteiger partial charge in [-0.1, -0.05) is 25.4 Å². The molecule has 2 nitrogen and oxygen atoms in total. The summed E-state index contributed by atoms with van der Waals surface area (Å²) in [7, 11) is 0. The maximum absolute atomic E-state index is 13.1. The summed E-state index contributed by atoms with van der Waals surface area (Å²) in [5.41, 5.74) is 6.42. The summed E-state index contributed by atoms with van der Waals surface area (Å²) in [6.07, 6.45) is 0. The van der Waals surface area contributed by atoms with Crippen molar-refractivity contribution in [1.29, 1.82) is 0 Å². The fraction of sp³-hybridized carbons (Fsp3) is 0.400. The number of benzene rings is 1. The number of aromatic hydroxyl groups is 1. The number of hydrogen-bond donors (Lipinski definition) is 2. The number of phenols is 1. The fourth-order valence-corrected chi connectivity index (χ4v) is 1.38. The Kier molecular flexibility index (Phi) is 3.34. The van der Waals surface area contributed by atoms with Crippen LogP contribution in [-0.4, -0.2) is 5.11 Å². The first-order chi connectivity index (χ1) is 6.43. The molecule has 3 N–H and O–H groups in total. The molecular weight excluding hydrogens is 205 g/mol. The van der Waals surface area contributed by atoms with Gasteiger partial charge in [-0.3, -0.25) is 0 Å². The molecule has 1 aromatic carbocycles. The van der Waals surface area contributed by atoms with Gasteiger partial charge in [-0.25, -0.2) is 4.39 Å². The molecule has 4 heteroatoms. The van der Waals surface area contributed by atoms with Gasteiger partial charge in [0.05, 0.1) is 5.02 Å². The molecule has 0 aliphatic heterocycles. The lowest BCUT2D eigenvalue weighted by molar-refractivity contribution is 0.429. The highest BCUT2D eigenvalue weighted by molar-refractivity contribution is 6.32. The summed E-state index contributed by atoms with van der Waals surface area (Å²) in [5.74, 6) is -1.06. The maximum atomic E-state index is 13.1. The van der Waals surface area contributed by atoms with E-state index in [1.54, 1.807) is 0 Å². The van der Waals surface area contributed by atoms with Crippen LogP contribution in [0.15, 0.2) is 12.1 Å². The Morgan fingerprint density at radius 1 is 1.43 bits per heavy atom. The topological polar surface area (TPSA) is 46.2 Å². The Balaban J connectivity index is 3.12. The van der Waals surface area contributed by atoms with Crippen LogP contribution in [0.3, 0.4) is 0 Å². The van der Waals surface area contributed by atoms with Gasteiger partial charge in [-0.2, -0.15) is 0 Å². The number of phenolic OH excluding ortho intramolecular Hbond substituents is 1. The van der Waals surface area contributed by atoms with Crippen molar-refractivity contribution >= 4 is 11.6 Å². The summed E-state index contributed by atoms with van der Waals surface area (Å²) >= 11 is 5.62. The molecule has 0 fully saturated rings. The molecule has 0 saturated heterocycles. The van der Waals surface area contributed by atoms with Crippen molar-refractivity contribution in [3.8, 4) is 5.75 Å². The minimum Gasteiger partial charge on any atom is -0.504 e. The molecule has 1 atom stereocenters. The van der Waals surface area contributed by atoms with Gasteiger partial charge in [0.1, 0.15) is 0 Å². The van der Waals surface area contributed by atoms with E-state index >= 15 is 0 Å². The zero-order chi connectivity index (χ0) is 10.9. The summed E-state index contributed by atoms with van der Waals surface area (Å²) in [4.78, 5) is 0. The monoisotopic (exact) mass is 217 g/mol. The van der Waals surface area contributed by atoms with E-state index in [1.165, 1.54) is 12.1 Å². The molecule has 14 heavy (non-hydrogen) atoms. The molecule has 0 aromatic heterocycles. The predicted octanol–water partition coefficient (Wildman–Crippen LogP) is 2.84. The molecule has 0 saturated carbocycles. The first-order valence-corrected chi connectivity index (χ1v) is 4.74. The SMILES string of the molecule is CC(C)C(N)c1cc(F)c(O)c(Cl)c1. The number of rotatable bonds is 2. The van der Waals surface area contributed by atoms with E-state index in [0.29, 0.717) is 5.56 Å². The van der Waals surface area contributed by atoms with Crippen molar-refractivity contribution in [3.63, 3.8) is 0 Å². The molecule has 1 aromatic rings. The maximum Gasteiger partial charge on any atom is 0.170 e. The van der Waals surface area contributed by atoms with E-state index in [2.05, 4.69) is 0 Å². The molecule has 0 amide bonds. The van der Waals surface area contributed by atoms with Crippen LogP contribution in [0, 0.1) is 11.7 Å². The van der Waals surface area contributed by atoms with Crippen LogP contribution in [0.25, 0.3) is 0 Å². The largest absolute Gasteiger partial charge is 0.504 e. The van der Waals surface area contributed by atoms with Crippen LogP contribution in [0.5, 0.6) is 5.75 Å². The van der Waals surface area contributed by atoms with Gasteiger partial charge in [0, 0.05) is 6.04 Å². The standard InChI is InChI=1S/C10H13ClFNO/c1-5(2)9(13)6-3-7(11)10(14)8(12)4-6/h3-5,9,14H,13H2,1-2H3. The van der Waals surface area contributed by atoms with Crippen LogP contribution < -0.4 is 5.73 Å². The van der Waals surface area contributed by atoms with Gasteiger partial charge in [-0.05, 0) is 23.6 Å². The number of halogens is 2. The van der Waals surface area contributed by atoms with Crippen molar-refractivity contribution in [2.45, 2.75) is 19.9 Å². The molecule has 0 radical (unpaired) electrons. The zero-order valence-corrected chi connectivity index (χ0v) is 8.85. The highest BCUT2D eigenvalue weighted by atomic mass is 35.5. The smallest absolute Gasteiger partial charge is 0.170 e. The lowest BCUT2D eigenvalue weighted by Gasteiger charge is -2.16. The quantitative estimate of drug-likeness (QED) is 0.800. The first kappa shape index (κ1) is 11.3. The normalized spacial score (nSPS) is 13.3. The second kappa shape index (κ2) is 4.15. The second-order valence-electron chi connectivity index (χ2n) is 3.60. The molecular formula is C10H13ClFNO. The minimum absolute atomic E-state index is 0.00361. The summed E-state index contributed by atoms with van der Waals surface area (Å²) in [6, 6.07) is 2.43. The van der Waals surface area contributed by atoms with Gasteiger partial charge in [0.25, 0.3) is 0 Å². The van der Waals surface area contributed by atoms with E-state index in [1.807, 2.05) is 13.8 Å². The average molecular weight is 218 g/mol. The van der Waals surface area contributed by atoms with Crippen LogP contribution in [0.2, 0.25) is 5.02 Å². The molecule has 0 spiro atoms. The third-order valence-electron chi connectivity index (χ3n) is 2.14. The van der Waals surface area contributed by atoms with Crippen LogP contribution in [0.1, 0.15) is 25.5 Å². The third-order valence-corrected chi connectivity index (χ3v) is 2.43. The molecule has 1 unspecified atom stereocenters. The Labute approximate surface area is 87.5 Å². The molecule has 0 aliphatic carbocycles. The van der Waals surface area contributed by atoms with E-state index in [9.17, 15) is 4.39 Å². The second-order valence-corrected chi connectivity index (χ2v) is 4.01. The third kappa shape index (κ3) is 2.16. The Morgan fingerprint density at radius 3 is 2.43 bits per heavy atom. The zero-order valence-electron chi connectivity index (χ0n) is 8.09. The number of nitrogens with two attached hydrogens (primary N) is 1. The average Bonchev–Trinajstić information content (AvgIpc) is 2.12. The highest BCUT2D eigenvalue weighted by Gasteiger charge is 2.15. The molecule has 0 aliphatic rings. The van der Waals surface area contributed by atoms with Gasteiger partial charge in [0.2, 0.25) is 0 Å². The van der Waals surface area contributed by atoms with Crippen molar-refractivity contribution in [2.75, 3.05) is 0 Å². The van der Waals surface area contributed by atoms with E-state index < -0.39 is 11.6 Å². The van der Waals surface area contributed by atoms with Gasteiger partial charge >= 0.3 is 0 Å². The van der Waals surface area contributed by atoms with Crippen molar-refractivity contribution < 1.29 is 9.50 Å². The Hall–Kier alpha value is -0.800. The summed E-state index contributed by atoms with van der Waals surface area (Å²) < 4.78 is 13.1. The van der Waals surface area contributed by atoms with Gasteiger partial charge in [0.15, 0.2) is 11.6 Å². The molecule has 0 bridgehead atoms. The van der Waals surface area contributed by atoms with Crippen LogP contribution in [-0.2, 0) is 0 Å². The Morgan fingerprint density at radius 2 is 2.00 bits per heavy atom. The van der Waals surface area contributed by atoms with Crippen molar-refractivity contribution in [2.24, 2.45) is 11.7 Å². The predicted molar refractivity (Wildman–Crippen MR) is 54.8 cm³/mol. The molecule has 78 valence electrons. The lowest BCUT2D eigenvalue weighted by Crippen LogP contribution is -2.16. The summed E-state index contributed by atoms with van der Waals surface area (Å²) in [5, 5.41) is 9.10. The highest BCUT2D eigenvalue weighted by Crippen LogP contribution is 2.31. The fourth-order valence-electron chi connectivity index (χ4n) is 1.16. The Bertz CT molecular complexity index is 318. The summed E-state index contributed by atoms with van der Waals surface area (Å²) in [6.45, 7) is 3.87. The van der Waals surface area contributed by atoms with E-state index in [4.69, 9.17) is 22.4 Å².